The molecule has 24 heavy (non-hydrogen) atoms. The molecule has 2 aromatic rings. The van der Waals surface area contributed by atoms with Gasteiger partial charge in [0.25, 0.3) is 11.8 Å². The Hall–Kier alpha value is -3.06. The maximum Gasteiger partial charge on any atom is 0.255 e. The second-order valence-corrected chi connectivity index (χ2v) is 5.66. The minimum atomic E-state index is -0.320. The molecule has 0 spiro atoms. The third-order valence-electron chi connectivity index (χ3n) is 3.61. The average Bonchev–Trinajstić information content (AvgIpc) is 2.60. The van der Waals surface area contributed by atoms with E-state index < -0.39 is 0 Å². The number of carbonyl (C=O) groups is 2. The van der Waals surface area contributed by atoms with Crippen LogP contribution in [-0.4, -0.2) is 18.4 Å². The highest BCUT2D eigenvalue weighted by molar-refractivity contribution is 6.09. The minimum Gasteiger partial charge on any atom is -0.341 e. The van der Waals surface area contributed by atoms with Crippen molar-refractivity contribution in [3.63, 3.8) is 0 Å². The summed E-state index contributed by atoms with van der Waals surface area (Å²) >= 11 is 0. The van der Waals surface area contributed by atoms with Crippen molar-refractivity contribution < 1.29 is 9.59 Å². The van der Waals surface area contributed by atoms with Crippen LogP contribution in [0.5, 0.6) is 0 Å². The number of anilines is 1. The van der Waals surface area contributed by atoms with Gasteiger partial charge in [0, 0.05) is 5.56 Å². The molecule has 4 nitrogen and oxygen atoms in total. The topological polar surface area (TPSA) is 58.2 Å². The lowest BCUT2D eigenvalue weighted by molar-refractivity contribution is 0.0959. The number of carbonyl (C=O) groups excluding carboxylic acids is 2. The Labute approximate surface area is 142 Å². The number of hydrogen-bond donors (Lipinski definition) is 2. The number of hydrogen-bond acceptors (Lipinski definition) is 2. The molecule has 0 atom stereocenters. The second-order valence-electron chi connectivity index (χ2n) is 5.66. The molecule has 0 heterocycles. The van der Waals surface area contributed by atoms with Crippen LogP contribution in [0.3, 0.4) is 0 Å². The summed E-state index contributed by atoms with van der Waals surface area (Å²) in [4.78, 5) is 24.5. The van der Waals surface area contributed by atoms with Crippen molar-refractivity contribution in [1.82, 2.24) is 5.32 Å². The van der Waals surface area contributed by atoms with Crippen molar-refractivity contribution >= 4 is 17.5 Å². The number of amides is 2. The number of terminal acetylenes is 1. The molecule has 0 radical (unpaired) electrons. The van der Waals surface area contributed by atoms with Gasteiger partial charge in [-0.15, -0.1) is 6.42 Å². The van der Waals surface area contributed by atoms with Crippen LogP contribution in [0.2, 0.25) is 0 Å². The zero-order chi connectivity index (χ0) is 17.5. The largest absolute Gasteiger partial charge is 0.341 e. The number of rotatable bonds is 5. The molecule has 0 fully saturated rings. The van der Waals surface area contributed by atoms with Crippen LogP contribution in [0.15, 0.2) is 48.5 Å². The second kappa shape index (κ2) is 7.98. The molecule has 2 amide bonds. The summed E-state index contributed by atoms with van der Waals surface area (Å²) in [5.74, 6) is 2.17. The Morgan fingerprint density at radius 2 is 1.71 bits per heavy atom. The van der Waals surface area contributed by atoms with Gasteiger partial charge in [-0.1, -0.05) is 44.0 Å². The maximum absolute atomic E-state index is 12.4. The van der Waals surface area contributed by atoms with Gasteiger partial charge in [-0.05, 0) is 35.7 Å². The maximum atomic E-state index is 12.4. The summed E-state index contributed by atoms with van der Waals surface area (Å²) in [5.41, 5.74) is 2.53. The fourth-order valence-corrected chi connectivity index (χ4v) is 2.23. The normalized spacial score (nSPS) is 10.1. The molecule has 0 aliphatic heterocycles. The predicted octanol–water partition coefficient (Wildman–Crippen LogP) is 3.43. The molecule has 0 unspecified atom stereocenters. The van der Waals surface area contributed by atoms with Crippen molar-refractivity contribution in [3.8, 4) is 12.3 Å². The predicted molar refractivity (Wildman–Crippen MR) is 96.1 cm³/mol. The molecule has 2 aromatic carbocycles. The highest BCUT2D eigenvalue weighted by Gasteiger charge is 2.13. The third kappa shape index (κ3) is 4.23. The van der Waals surface area contributed by atoms with E-state index in [2.05, 4.69) is 30.4 Å². The van der Waals surface area contributed by atoms with Crippen molar-refractivity contribution in [1.29, 1.82) is 0 Å². The standard InChI is InChI=1S/C20H20N2O2/c1-4-13-21-20(24)17-7-5-6-8-18(17)22-19(23)16-11-9-15(10-12-16)14(2)3/h1,5-12,14H,13H2,2-3H3,(H,21,24)(H,22,23). The van der Waals surface area contributed by atoms with Crippen LogP contribution < -0.4 is 10.6 Å². The Balaban J connectivity index is 2.17. The molecular weight excluding hydrogens is 300 g/mol. The van der Waals surface area contributed by atoms with Crippen molar-refractivity contribution in [2.75, 3.05) is 11.9 Å². The molecule has 2 rings (SSSR count). The quantitative estimate of drug-likeness (QED) is 0.829. The number of para-hydroxylation sites is 1. The minimum absolute atomic E-state index is 0.137. The Bertz CT molecular complexity index is 771. The van der Waals surface area contributed by atoms with Gasteiger partial charge < -0.3 is 10.6 Å². The lowest BCUT2D eigenvalue weighted by Crippen LogP contribution is -2.25. The van der Waals surface area contributed by atoms with Gasteiger partial charge in [0.05, 0.1) is 17.8 Å². The zero-order valence-electron chi connectivity index (χ0n) is 13.8. The van der Waals surface area contributed by atoms with Crippen molar-refractivity contribution in [3.05, 3.63) is 65.2 Å². The van der Waals surface area contributed by atoms with E-state index in [1.807, 2.05) is 12.1 Å². The van der Waals surface area contributed by atoms with Crippen LogP contribution in [0.25, 0.3) is 0 Å². The van der Waals surface area contributed by atoms with Gasteiger partial charge in [0.1, 0.15) is 0 Å². The Kier molecular flexibility index (Phi) is 5.75. The molecule has 0 aliphatic rings. The smallest absolute Gasteiger partial charge is 0.255 e. The lowest BCUT2D eigenvalue weighted by Gasteiger charge is -2.11. The van der Waals surface area contributed by atoms with Crippen LogP contribution in [0.1, 0.15) is 46.0 Å². The third-order valence-corrected chi connectivity index (χ3v) is 3.61. The lowest BCUT2D eigenvalue weighted by atomic mass is 10.0. The number of nitrogens with one attached hydrogen (secondary N) is 2. The highest BCUT2D eigenvalue weighted by Crippen LogP contribution is 2.18. The summed E-state index contributed by atoms with van der Waals surface area (Å²) in [6.07, 6.45) is 5.15. The SMILES string of the molecule is C#CCNC(=O)c1ccccc1NC(=O)c1ccc(C(C)C)cc1. The summed E-state index contributed by atoms with van der Waals surface area (Å²) in [6, 6.07) is 14.3. The van der Waals surface area contributed by atoms with Crippen LogP contribution in [0.4, 0.5) is 5.69 Å². The van der Waals surface area contributed by atoms with E-state index in [1.165, 1.54) is 5.56 Å². The first-order valence-electron chi connectivity index (χ1n) is 7.75. The van der Waals surface area contributed by atoms with E-state index in [4.69, 9.17) is 6.42 Å². The molecule has 0 aliphatic carbocycles. The molecule has 122 valence electrons. The first-order valence-corrected chi connectivity index (χ1v) is 7.75. The van der Waals surface area contributed by atoms with E-state index in [9.17, 15) is 9.59 Å². The summed E-state index contributed by atoms with van der Waals surface area (Å²) in [6.45, 7) is 4.33. The molecule has 0 saturated heterocycles. The molecular formula is C20H20N2O2. The van der Waals surface area contributed by atoms with Gasteiger partial charge in [0.15, 0.2) is 0 Å². The van der Waals surface area contributed by atoms with Gasteiger partial charge in [-0.2, -0.15) is 0 Å². The first kappa shape index (κ1) is 17.3. The van der Waals surface area contributed by atoms with Crippen LogP contribution in [-0.2, 0) is 0 Å². The molecule has 0 saturated carbocycles. The Morgan fingerprint density at radius 3 is 2.33 bits per heavy atom. The fraction of sp³-hybridized carbons (Fsp3) is 0.200. The molecule has 2 N–H and O–H groups in total. The Morgan fingerprint density at radius 1 is 1.04 bits per heavy atom. The van der Waals surface area contributed by atoms with E-state index >= 15 is 0 Å². The molecule has 0 bridgehead atoms. The number of benzene rings is 2. The van der Waals surface area contributed by atoms with Crippen molar-refractivity contribution in [2.45, 2.75) is 19.8 Å². The van der Waals surface area contributed by atoms with E-state index in [1.54, 1.807) is 36.4 Å². The average molecular weight is 320 g/mol. The van der Waals surface area contributed by atoms with E-state index in [-0.39, 0.29) is 18.4 Å². The zero-order valence-corrected chi connectivity index (χ0v) is 13.8. The monoisotopic (exact) mass is 320 g/mol. The van der Waals surface area contributed by atoms with Gasteiger partial charge in [-0.3, -0.25) is 9.59 Å². The summed E-state index contributed by atoms with van der Waals surface area (Å²) < 4.78 is 0. The summed E-state index contributed by atoms with van der Waals surface area (Å²) in [5, 5.41) is 5.38. The van der Waals surface area contributed by atoms with Gasteiger partial charge in [-0.25, -0.2) is 0 Å². The van der Waals surface area contributed by atoms with Gasteiger partial charge >= 0.3 is 0 Å². The van der Waals surface area contributed by atoms with E-state index in [0.29, 0.717) is 22.7 Å². The van der Waals surface area contributed by atoms with E-state index in [0.717, 1.165) is 0 Å². The molecule has 0 aromatic heterocycles. The van der Waals surface area contributed by atoms with Gasteiger partial charge in [0.2, 0.25) is 0 Å². The first-order chi connectivity index (χ1) is 11.5. The summed E-state index contributed by atoms with van der Waals surface area (Å²) in [7, 11) is 0. The fourth-order valence-electron chi connectivity index (χ4n) is 2.23. The molecule has 4 heteroatoms. The van der Waals surface area contributed by atoms with Crippen LogP contribution in [0, 0.1) is 12.3 Å². The highest BCUT2D eigenvalue weighted by atomic mass is 16.2. The van der Waals surface area contributed by atoms with Crippen molar-refractivity contribution in [2.24, 2.45) is 0 Å². The van der Waals surface area contributed by atoms with Crippen LogP contribution >= 0.6 is 0 Å².